The van der Waals surface area contributed by atoms with Gasteiger partial charge in [-0.25, -0.2) is 0 Å². The largest absolute Gasteiger partial charge is 0.339 e. The number of nitrogens with two attached hydrogens (primary N) is 1. The topological polar surface area (TPSA) is 82.8 Å². The van der Waals surface area contributed by atoms with Crippen molar-refractivity contribution in [1.29, 1.82) is 0 Å². The van der Waals surface area contributed by atoms with Crippen LogP contribution in [0.1, 0.15) is 37.5 Å². The first-order valence-corrected chi connectivity index (χ1v) is 6.80. The smallest absolute Gasteiger partial charge is 0.230 e. The standard InChI is InChI=1S/C13H19N5O/c1-18-7-6-11(16-18)12-15-13(19-17-12)10-4-2-9(8-14)3-5-10/h6-7,9-10H,2-5,8,14H2,1H3. The van der Waals surface area contributed by atoms with Gasteiger partial charge in [-0.15, -0.1) is 0 Å². The highest BCUT2D eigenvalue weighted by molar-refractivity contribution is 5.46. The molecule has 0 atom stereocenters. The van der Waals surface area contributed by atoms with Crippen molar-refractivity contribution in [3.8, 4) is 11.5 Å². The van der Waals surface area contributed by atoms with Gasteiger partial charge in [0.2, 0.25) is 11.7 Å². The van der Waals surface area contributed by atoms with E-state index < -0.39 is 0 Å². The third kappa shape index (κ3) is 2.53. The maximum atomic E-state index is 5.71. The van der Waals surface area contributed by atoms with E-state index >= 15 is 0 Å². The Bertz CT molecular complexity index is 539. The predicted octanol–water partition coefficient (Wildman–Crippen LogP) is 1.70. The van der Waals surface area contributed by atoms with Gasteiger partial charge in [-0.05, 0) is 44.2 Å². The molecule has 0 radical (unpaired) electrons. The Kier molecular flexibility index (Phi) is 3.33. The fraction of sp³-hybridized carbons (Fsp3) is 0.615. The number of hydrogen-bond acceptors (Lipinski definition) is 5. The van der Waals surface area contributed by atoms with Gasteiger partial charge < -0.3 is 10.3 Å². The van der Waals surface area contributed by atoms with Crippen LogP contribution in [0.2, 0.25) is 0 Å². The highest BCUT2D eigenvalue weighted by Crippen LogP contribution is 2.35. The van der Waals surface area contributed by atoms with Crippen LogP contribution in [0.15, 0.2) is 16.8 Å². The Morgan fingerprint density at radius 2 is 2.16 bits per heavy atom. The van der Waals surface area contributed by atoms with Crippen LogP contribution in [-0.2, 0) is 7.05 Å². The Morgan fingerprint density at radius 3 is 2.79 bits per heavy atom. The second-order valence-electron chi connectivity index (χ2n) is 5.28. The van der Waals surface area contributed by atoms with E-state index in [2.05, 4.69) is 15.2 Å². The molecule has 1 saturated carbocycles. The summed E-state index contributed by atoms with van der Waals surface area (Å²) in [6.07, 6.45) is 6.36. The van der Waals surface area contributed by atoms with E-state index in [0.717, 1.165) is 43.8 Å². The molecule has 2 N–H and O–H groups in total. The zero-order chi connectivity index (χ0) is 13.2. The summed E-state index contributed by atoms with van der Waals surface area (Å²) in [5.41, 5.74) is 6.47. The highest BCUT2D eigenvalue weighted by atomic mass is 16.5. The third-order valence-corrected chi connectivity index (χ3v) is 3.91. The first kappa shape index (κ1) is 12.3. The molecule has 3 rings (SSSR count). The maximum Gasteiger partial charge on any atom is 0.230 e. The van der Waals surface area contributed by atoms with Crippen LogP contribution >= 0.6 is 0 Å². The molecule has 0 bridgehead atoms. The van der Waals surface area contributed by atoms with Crippen LogP contribution in [-0.4, -0.2) is 26.5 Å². The fourth-order valence-electron chi connectivity index (χ4n) is 2.68. The molecule has 1 fully saturated rings. The van der Waals surface area contributed by atoms with Crippen molar-refractivity contribution in [3.63, 3.8) is 0 Å². The summed E-state index contributed by atoms with van der Waals surface area (Å²) >= 11 is 0. The lowest BCUT2D eigenvalue weighted by molar-refractivity contribution is 0.275. The fourth-order valence-corrected chi connectivity index (χ4v) is 2.68. The van der Waals surface area contributed by atoms with Gasteiger partial charge in [-0.3, -0.25) is 4.68 Å². The second-order valence-corrected chi connectivity index (χ2v) is 5.28. The molecule has 102 valence electrons. The first-order valence-electron chi connectivity index (χ1n) is 6.80. The minimum absolute atomic E-state index is 0.382. The van der Waals surface area contributed by atoms with Crippen LogP contribution in [0.3, 0.4) is 0 Å². The monoisotopic (exact) mass is 261 g/mol. The van der Waals surface area contributed by atoms with Gasteiger partial charge in [0, 0.05) is 19.2 Å². The Morgan fingerprint density at radius 1 is 1.37 bits per heavy atom. The Labute approximate surface area is 112 Å². The first-order chi connectivity index (χ1) is 9.26. The lowest BCUT2D eigenvalue weighted by Gasteiger charge is -2.24. The molecule has 0 unspecified atom stereocenters. The normalized spacial score (nSPS) is 23.7. The molecule has 6 heteroatoms. The van der Waals surface area contributed by atoms with Gasteiger partial charge in [0.25, 0.3) is 0 Å². The molecule has 2 heterocycles. The van der Waals surface area contributed by atoms with E-state index in [9.17, 15) is 0 Å². The summed E-state index contributed by atoms with van der Waals surface area (Å²) in [7, 11) is 1.87. The molecule has 1 aliphatic rings. The van der Waals surface area contributed by atoms with Crippen molar-refractivity contribution in [2.45, 2.75) is 31.6 Å². The minimum atomic E-state index is 0.382. The van der Waals surface area contributed by atoms with Crippen molar-refractivity contribution in [2.75, 3.05) is 6.54 Å². The number of aryl methyl sites for hydroxylation is 1. The lowest BCUT2D eigenvalue weighted by atomic mass is 9.82. The number of rotatable bonds is 3. The summed E-state index contributed by atoms with van der Waals surface area (Å²) < 4.78 is 7.13. The zero-order valence-corrected chi connectivity index (χ0v) is 11.1. The quantitative estimate of drug-likeness (QED) is 0.909. The summed E-state index contributed by atoms with van der Waals surface area (Å²) in [5, 5.41) is 8.31. The van der Waals surface area contributed by atoms with Crippen LogP contribution in [0.25, 0.3) is 11.5 Å². The predicted molar refractivity (Wildman–Crippen MR) is 70.3 cm³/mol. The molecule has 0 saturated heterocycles. The minimum Gasteiger partial charge on any atom is -0.339 e. The van der Waals surface area contributed by atoms with Crippen molar-refractivity contribution < 1.29 is 4.52 Å². The van der Waals surface area contributed by atoms with Gasteiger partial charge >= 0.3 is 0 Å². The summed E-state index contributed by atoms with van der Waals surface area (Å²) in [5.74, 6) is 2.37. The van der Waals surface area contributed by atoms with Crippen molar-refractivity contribution >= 4 is 0 Å². The average molecular weight is 261 g/mol. The molecule has 2 aromatic rings. The lowest BCUT2D eigenvalue weighted by Crippen LogP contribution is -2.20. The van der Waals surface area contributed by atoms with Crippen LogP contribution < -0.4 is 5.73 Å². The molecule has 2 aromatic heterocycles. The van der Waals surface area contributed by atoms with Crippen LogP contribution in [0.5, 0.6) is 0 Å². The second kappa shape index (κ2) is 5.13. The van der Waals surface area contributed by atoms with Crippen LogP contribution in [0, 0.1) is 5.92 Å². The van der Waals surface area contributed by atoms with E-state index in [4.69, 9.17) is 10.3 Å². The van der Waals surface area contributed by atoms with E-state index in [1.165, 1.54) is 0 Å². The van der Waals surface area contributed by atoms with Crippen molar-refractivity contribution in [1.82, 2.24) is 19.9 Å². The molecule has 6 nitrogen and oxygen atoms in total. The number of aromatic nitrogens is 4. The van der Waals surface area contributed by atoms with Gasteiger partial charge in [-0.1, -0.05) is 5.16 Å². The Hall–Kier alpha value is -1.69. The van der Waals surface area contributed by atoms with Crippen LogP contribution in [0.4, 0.5) is 0 Å². The molecule has 0 amide bonds. The summed E-state index contributed by atoms with van der Waals surface area (Å²) in [6, 6.07) is 1.89. The van der Waals surface area contributed by atoms with Crippen molar-refractivity contribution in [2.24, 2.45) is 18.7 Å². The zero-order valence-electron chi connectivity index (χ0n) is 11.1. The molecular weight excluding hydrogens is 242 g/mol. The maximum absolute atomic E-state index is 5.71. The molecule has 0 spiro atoms. The number of nitrogens with zero attached hydrogens (tertiary/aromatic N) is 4. The molecule has 1 aliphatic carbocycles. The van der Waals surface area contributed by atoms with Gasteiger partial charge in [-0.2, -0.15) is 10.1 Å². The van der Waals surface area contributed by atoms with E-state index in [1.54, 1.807) is 4.68 Å². The van der Waals surface area contributed by atoms with Gasteiger partial charge in [0.15, 0.2) is 0 Å². The van der Waals surface area contributed by atoms with E-state index in [1.807, 2.05) is 19.3 Å². The molecule has 19 heavy (non-hydrogen) atoms. The van der Waals surface area contributed by atoms with E-state index in [-0.39, 0.29) is 0 Å². The summed E-state index contributed by atoms with van der Waals surface area (Å²) in [6.45, 7) is 0.787. The molecular formula is C13H19N5O. The Balaban J connectivity index is 1.72. The molecule has 0 aromatic carbocycles. The average Bonchev–Trinajstić information content (AvgIpc) is 3.07. The molecule has 0 aliphatic heterocycles. The van der Waals surface area contributed by atoms with Gasteiger partial charge in [0.1, 0.15) is 5.69 Å². The highest BCUT2D eigenvalue weighted by Gasteiger charge is 2.26. The van der Waals surface area contributed by atoms with E-state index in [0.29, 0.717) is 17.7 Å². The third-order valence-electron chi connectivity index (χ3n) is 3.91. The summed E-state index contributed by atoms with van der Waals surface area (Å²) in [4.78, 5) is 4.48. The van der Waals surface area contributed by atoms with Gasteiger partial charge in [0.05, 0.1) is 0 Å². The SMILES string of the molecule is Cn1ccc(-c2noc(C3CCC(CN)CC3)n2)n1. The van der Waals surface area contributed by atoms with Crippen molar-refractivity contribution in [3.05, 3.63) is 18.2 Å². The number of hydrogen-bond donors (Lipinski definition) is 1.